The van der Waals surface area contributed by atoms with Crippen molar-refractivity contribution < 1.29 is 0 Å². The molecule has 0 amide bonds. The lowest BCUT2D eigenvalue weighted by molar-refractivity contribution is 0.721. The summed E-state index contributed by atoms with van der Waals surface area (Å²) in [6, 6.07) is 18.2. The Kier molecular flexibility index (Phi) is 4.25. The van der Waals surface area contributed by atoms with Crippen LogP contribution in [0.1, 0.15) is 11.1 Å². The van der Waals surface area contributed by atoms with Crippen molar-refractivity contribution in [1.82, 2.24) is 14.8 Å². The van der Waals surface area contributed by atoms with Crippen molar-refractivity contribution >= 4 is 11.4 Å². The second-order valence-corrected chi connectivity index (χ2v) is 5.00. The predicted molar refractivity (Wildman–Crippen MR) is 87.8 cm³/mol. The SMILES string of the molecule is Cc1ccc(/C(Cn2cncn2)=N\Nc2ccccc2)cc1. The number of hydrogen-bond donors (Lipinski definition) is 1. The molecule has 1 N–H and O–H groups in total. The van der Waals surface area contributed by atoms with Crippen molar-refractivity contribution in [1.29, 1.82) is 0 Å². The van der Waals surface area contributed by atoms with Gasteiger partial charge in [-0.15, -0.1) is 0 Å². The van der Waals surface area contributed by atoms with Gasteiger partial charge in [-0.25, -0.2) is 9.67 Å². The van der Waals surface area contributed by atoms with Crippen molar-refractivity contribution in [2.24, 2.45) is 5.10 Å². The van der Waals surface area contributed by atoms with Crippen LogP contribution < -0.4 is 5.43 Å². The highest BCUT2D eigenvalue weighted by atomic mass is 15.3. The normalized spacial score (nSPS) is 11.4. The molecular formula is C17H17N5. The van der Waals surface area contributed by atoms with E-state index in [1.165, 1.54) is 11.9 Å². The van der Waals surface area contributed by atoms with Crippen LogP contribution >= 0.6 is 0 Å². The molecule has 0 aliphatic rings. The molecule has 5 nitrogen and oxygen atoms in total. The fourth-order valence-electron chi connectivity index (χ4n) is 2.05. The van der Waals surface area contributed by atoms with E-state index in [1.54, 1.807) is 11.0 Å². The molecule has 5 heteroatoms. The predicted octanol–water partition coefficient (Wildman–Crippen LogP) is 3.10. The van der Waals surface area contributed by atoms with Gasteiger partial charge in [0.1, 0.15) is 12.7 Å². The van der Waals surface area contributed by atoms with Gasteiger partial charge in [0.15, 0.2) is 0 Å². The molecule has 0 atom stereocenters. The lowest BCUT2D eigenvalue weighted by Gasteiger charge is -2.08. The van der Waals surface area contributed by atoms with E-state index in [4.69, 9.17) is 0 Å². The van der Waals surface area contributed by atoms with Gasteiger partial charge in [-0.1, -0.05) is 48.0 Å². The summed E-state index contributed by atoms with van der Waals surface area (Å²) in [5.41, 5.74) is 7.23. The van der Waals surface area contributed by atoms with Crippen LogP contribution in [0.3, 0.4) is 0 Å². The molecule has 1 aromatic heterocycles. The van der Waals surface area contributed by atoms with Crippen molar-refractivity contribution in [2.75, 3.05) is 5.43 Å². The van der Waals surface area contributed by atoms with E-state index in [9.17, 15) is 0 Å². The van der Waals surface area contributed by atoms with E-state index in [1.807, 2.05) is 30.3 Å². The molecule has 0 saturated carbocycles. The van der Waals surface area contributed by atoms with Gasteiger partial charge in [0.25, 0.3) is 0 Å². The number of para-hydroxylation sites is 1. The summed E-state index contributed by atoms with van der Waals surface area (Å²) in [5.74, 6) is 0. The van der Waals surface area contributed by atoms with Crippen molar-refractivity contribution in [3.63, 3.8) is 0 Å². The molecule has 110 valence electrons. The maximum atomic E-state index is 4.55. The lowest BCUT2D eigenvalue weighted by Crippen LogP contribution is -2.14. The average Bonchev–Trinajstić information content (AvgIpc) is 3.06. The molecule has 0 saturated heterocycles. The van der Waals surface area contributed by atoms with E-state index in [0.29, 0.717) is 6.54 Å². The molecule has 1 heterocycles. The second kappa shape index (κ2) is 6.67. The fourth-order valence-corrected chi connectivity index (χ4v) is 2.05. The molecule has 2 aromatic carbocycles. The van der Waals surface area contributed by atoms with Crippen LogP contribution in [0.25, 0.3) is 0 Å². The minimum absolute atomic E-state index is 0.558. The van der Waals surface area contributed by atoms with Crippen LogP contribution in [0.15, 0.2) is 72.4 Å². The van der Waals surface area contributed by atoms with Crippen molar-refractivity contribution in [2.45, 2.75) is 13.5 Å². The Morgan fingerprint density at radius 1 is 1.09 bits per heavy atom. The Hall–Kier alpha value is -2.95. The fraction of sp³-hybridized carbons (Fsp3) is 0.118. The summed E-state index contributed by atoms with van der Waals surface area (Å²) >= 11 is 0. The van der Waals surface area contributed by atoms with Crippen molar-refractivity contribution in [3.05, 3.63) is 78.4 Å². The number of hydrazone groups is 1. The van der Waals surface area contributed by atoms with Gasteiger partial charge in [-0.2, -0.15) is 10.2 Å². The third kappa shape index (κ3) is 3.58. The summed E-state index contributed by atoms with van der Waals surface area (Å²) in [7, 11) is 0. The molecule has 0 fully saturated rings. The zero-order valence-electron chi connectivity index (χ0n) is 12.3. The summed E-state index contributed by atoms with van der Waals surface area (Å²) in [6.45, 7) is 2.63. The molecule has 0 spiro atoms. The van der Waals surface area contributed by atoms with Gasteiger partial charge in [0.2, 0.25) is 0 Å². The quantitative estimate of drug-likeness (QED) is 0.580. The molecule has 0 unspecified atom stereocenters. The van der Waals surface area contributed by atoms with Gasteiger partial charge in [0.05, 0.1) is 17.9 Å². The molecule has 3 rings (SSSR count). The molecule has 0 radical (unpaired) electrons. The Morgan fingerprint density at radius 2 is 1.86 bits per heavy atom. The molecule has 0 aliphatic carbocycles. The summed E-state index contributed by atoms with van der Waals surface area (Å²) < 4.78 is 1.76. The van der Waals surface area contributed by atoms with E-state index in [-0.39, 0.29) is 0 Å². The third-order valence-electron chi connectivity index (χ3n) is 3.26. The standard InChI is InChI=1S/C17H17N5/c1-14-7-9-15(10-8-14)17(11-22-13-18-12-19-22)21-20-16-5-3-2-4-6-16/h2-10,12-13,20H,11H2,1H3/b21-17-. The van der Waals surface area contributed by atoms with Gasteiger partial charge in [-0.3, -0.25) is 5.43 Å². The number of benzene rings is 2. The van der Waals surface area contributed by atoms with E-state index in [0.717, 1.165) is 17.0 Å². The number of nitrogens with zero attached hydrogens (tertiary/aromatic N) is 4. The van der Waals surface area contributed by atoms with Crippen LogP contribution in [-0.4, -0.2) is 20.5 Å². The summed E-state index contributed by atoms with van der Waals surface area (Å²) in [5, 5.41) is 8.70. The van der Waals surface area contributed by atoms with E-state index in [2.05, 4.69) is 51.8 Å². The lowest BCUT2D eigenvalue weighted by atomic mass is 10.1. The van der Waals surface area contributed by atoms with Crippen LogP contribution in [0, 0.1) is 6.92 Å². The third-order valence-corrected chi connectivity index (χ3v) is 3.26. The average molecular weight is 291 g/mol. The number of anilines is 1. The number of nitrogens with one attached hydrogen (secondary N) is 1. The largest absolute Gasteiger partial charge is 0.278 e. The van der Waals surface area contributed by atoms with Crippen LogP contribution in [-0.2, 0) is 6.54 Å². The molecule has 22 heavy (non-hydrogen) atoms. The summed E-state index contributed by atoms with van der Waals surface area (Å²) in [6.07, 6.45) is 3.21. The first-order valence-corrected chi connectivity index (χ1v) is 7.08. The first-order chi connectivity index (χ1) is 10.8. The highest BCUT2D eigenvalue weighted by Gasteiger charge is 2.06. The Bertz CT molecular complexity index is 730. The molecule has 0 aliphatic heterocycles. The minimum Gasteiger partial charge on any atom is -0.278 e. The minimum atomic E-state index is 0.558. The second-order valence-electron chi connectivity index (χ2n) is 5.00. The zero-order valence-corrected chi connectivity index (χ0v) is 12.3. The van der Waals surface area contributed by atoms with Gasteiger partial charge >= 0.3 is 0 Å². The first kappa shape index (κ1) is 14.0. The van der Waals surface area contributed by atoms with E-state index >= 15 is 0 Å². The van der Waals surface area contributed by atoms with Crippen LogP contribution in [0.5, 0.6) is 0 Å². The zero-order chi connectivity index (χ0) is 15.2. The van der Waals surface area contributed by atoms with Gasteiger partial charge < -0.3 is 0 Å². The van der Waals surface area contributed by atoms with Crippen LogP contribution in [0.4, 0.5) is 5.69 Å². The maximum Gasteiger partial charge on any atom is 0.137 e. The van der Waals surface area contributed by atoms with Crippen LogP contribution in [0.2, 0.25) is 0 Å². The topological polar surface area (TPSA) is 55.1 Å². The summed E-state index contributed by atoms with van der Waals surface area (Å²) in [4.78, 5) is 3.98. The highest BCUT2D eigenvalue weighted by Crippen LogP contribution is 2.09. The van der Waals surface area contributed by atoms with Gasteiger partial charge in [-0.05, 0) is 24.6 Å². The Labute approximate surface area is 129 Å². The Balaban J connectivity index is 1.86. The molecular weight excluding hydrogens is 274 g/mol. The smallest absolute Gasteiger partial charge is 0.137 e. The highest BCUT2D eigenvalue weighted by molar-refractivity contribution is 6.00. The van der Waals surface area contributed by atoms with E-state index < -0.39 is 0 Å². The first-order valence-electron chi connectivity index (χ1n) is 7.08. The van der Waals surface area contributed by atoms with Gasteiger partial charge in [0, 0.05) is 0 Å². The number of rotatable bonds is 5. The number of hydrogen-bond acceptors (Lipinski definition) is 4. The monoisotopic (exact) mass is 291 g/mol. The maximum absolute atomic E-state index is 4.55. The Morgan fingerprint density at radius 3 is 2.55 bits per heavy atom. The van der Waals surface area contributed by atoms with Crippen molar-refractivity contribution in [3.8, 4) is 0 Å². The molecule has 0 bridgehead atoms. The number of aromatic nitrogens is 3. The molecule has 3 aromatic rings. The number of aryl methyl sites for hydroxylation is 1.